The van der Waals surface area contributed by atoms with Crippen LogP contribution < -0.4 is 10.1 Å². The minimum absolute atomic E-state index is 0.0340. The van der Waals surface area contributed by atoms with Gasteiger partial charge in [0.05, 0.1) is 30.4 Å². The number of hydrogen-bond acceptors (Lipinski definition) is 7. The number of ether oxygens (including phenoxy) is 1. The molecule has 2 aliphatic rings. The second-order valence-corrected chi connectivity index (χ2v) is 10.2. The van der Waals surface area contributed by atoms with Crippen molar-refractivity contribution in [3.05, 3.63) is 24.8 Å². The Morgan fingerprint density at radius 1 is 1.26 bits per heavy atom. The van der Waals surface area contributed by atoms with E-state index in [1.807, 2.05) is 37.7 Å². The first-order chi connectivity index (χ1) is 16.1. The molecule has 0 aromatic carbocycles. The van der Waals surface area contributed by atoms with Gasteiger partial charge < -0.3 is 24.6 Å². The molecule has 5 heterocycles. The standard InChI is InChI=1S/C23H30N8O3/c1-13(2)31-21(25-12-26-31)16-10-29-6-7-34-17-9-24-18(8-14(17)20(29)28-16)27-15-11-30(22(32)33)19(15)23(3,4)5/h8-10,12-13,15,19H,6-7,11H2,1-5H3,(H,24,27)(H,32,33). The van der Waals surface area contributed by atoms with Gasteiger partial charge in [-0.2, -0.15) is 5.10 Å². The molecule has 2 aliphatic heterocycles. The zero-order chi connectivity index (χ0) is 24.2. The number of nitrogens with zero attached hydrogens (tertiary/aromatic N) is 7. The SMILES string of the molecule is CC(C)n1ncnc1-c1cn2c(n1)-c1cc(NC3CN(C(=O)O)C3C(C)(C)C)ncc1OCC2. The highest BCUT2D eigenvalue weighted by atomic mass is 16.5. The Kier molecular flexibility index (Phi) is 5.22. The van der Waals surface area contributed by atoms with Crippen molar-refractivity contribution in [1.29, 1.82) is 0 Å². The Bertz CT molecular complexity index is 1230. The fraction of sp³-hybridized carbons (Fsp3) is 0.522. The summed E-state index contributed by atoms with van der Waals surface area (Å²) in [5.41, 5.74) is 1.38. The van der Waals surface area contributed by atoms with Crippen molar-refractivity contribution < 1.29 is 14.6 Å². The minimum atomic E-state index is -0.898. The molecule has 0 radical (unpaired) electrons. The summed E-state index contributed by atoms with van der Waals surface area (Å²) >= 11 is 0. The maximum Gasteiger partial charge on any atom is 0.407 e. The summed E-state index contributed by atoms with van der Waals surface area (Å²) in [4.78, 5) is 27.0. The van der Waals surface area contributed by atoms with E-state index in [2.05, 4.69) is 38.8 Å². The van der Waals surface area contributed by atoms with Crippen molar-refractivity contribution >= 4 is 11.9 Å². The Morgan fingerprint density at radius 2 is 2.06 bits per heavy atom. The first-order valence-corrected chi connectivity index (χ1v) is 11.5. The maximum atomic E-state index is 11.6. The first kappa shape index (κ1) is 22.2. The molecule has 0 saturated carbocycles. The Hall–Kier alpha value is -3.63. The molecule has 1 amide bonds. The van der Waals surface area contributed by atoms with Crippen LogP contribution in [0.3, 0.4) is 0 Å². The molecule has 0 spiro atoms. The van der Waals surface area contributed by atoms with Gasteiger partial charge in [-0.1, -0.05) is 20.8 Å². The largest absolute Gasteiger partial charge is 0.489 e. The number of aromatic nitrogens is 6. The predicted molar refractivity (Wildman–Crippen MR) is 126 cm³/mol. The quantitative estimate of drug-likeness (QED) is 0.600. The molecular weight excluding hydrogens is 436 g/mol. The van der Waals surface area contributed by atoms with Gasteiger partial charge in [-0.25, -0.2) is 24.4 Å². The van der Waals surface area contributed by atoms with Crippen molar-refractivity contribution in [3.63, 3.8) is 0 Å². The molecule has 11 nitrogen and oxygen atoms in total. The average Bonchev–Trinajstić information content (AvgIpc) is 3.34. The van der Waals surface area contributed by atoms with Crippen molar-refractivity contribution in [2.75, 3.05) is 18.5 Å². The summed E-state index contributed by atoms with van der Waals surface area (Å²) in [6, 6.07) is 1.91. The number of fused-ring (bicyclic) bond motifs is 3. The highest BCUT2D eigenvalue weighted by Crippen LogP contribution is 2.38. The fourth-order valence-electron chi connectivity index (χ4n) is 4.87. The van der Waals surface area contributed by atoms with E-state index in [4.69, 9.17) is 9.72 Å². The van der Waals surface area contributed by atoms with Crippen LogP contribution in [0.4, 0.5) is 10.6 Å². The molecular formula is C23H30N8O3. The maximum absolute atomic E-state index is 11.6. The summed E-state index contributed by atoms with van der Waals surface area (Å²) in [5.74, 6) is 2.83. The molecule has 2 atom stereocenters. The number of likely N-dealkylation sites (tertiary alicyclic amines) is 1. The van der Waals surface area contributed by atoms with Gasteiger partial charge in [-0.05, 0) is 25.3 Å². The number of carbonyl (C=O) groups is 1. The van der Waals surface area contributed by atoms with Gasteiger partial charge in [-0.3, -0.25) is 0 Å². The Labute approximate surface area is 197 Å². The molecule has 0 bridgehead atoms. The van der Waals surface area contributed by atoms with Gasteiger partial charge >= 0.3 is 6.09 Å². The first-order valence-electron chi connectivity index (χ1n) is 11.5. The van der Waals surface area contributed by atoms with Crippen molar-refractivity contribution in [3.8, 4) is 28.7 Å². The summed E-state index contributed by atoms with van der Waals surface area (Å²) in [5, 5.41) is 17.3. The second kappa shape index (κ2) is 8.00. The summed E-state index contributed by atoms with van der Waals surface area (Å²) in [6.45, 7) is 11.8. The molecule has 3 aromatic heterocycles. The lowest BCUT2D eigenvalue weighted by Crippen LogP contribution is -2.69. The topological polar surface area (TPSA) is 123 Å². The number of nitrogens with one attached hydrogen (secondary N) is 1. The number of carboxylic acid groups (broad SMARTS) is 1. The summed E-state index contributed by atoms with van der Waals surface area (Å²) < 4.78 is 9.86. The van der Waals surface area contributed by atoms with E-state index in [1.54, 1.807) is 12.5 Å². The van der Waals surface area contributed by atoms with Crippen LogP contribution in [0.5, 0.6) is 5.75 Å². The van der Waals surface area contributed by atoms with Crippen molar-refractivity contribution in [1.82, 2.24) is 34.2 Å². The molecule has 180 valence electrons. The van der Waals surface area contributed by atoms with E-state index < -0.39 is 6.09 Å². The zero-order valence-electron chi connectivity index (χ0n) is 20.1. The van der Waals surface area contributed by atoms with Gasteiger partial charge in [0, 0.05) is 18.8 Å². The molecule has 34 heavy (non-hydrogen) atoms. The van der Waals surface area contributed by atoms with Crippen LogP contribution in [0.15, 0.2) is 24.8 Å². The lowest BCUT2D eigenvalue weighted by atomic mass is 9.76. The fourth-order valence-corrected chi connectivity index (χ4v) is 4.87. The van der Waals surface area contributed by atoms with Crippen LogP contribution in [0.2, 0.25) is 0 Å². The molecule has 0 aliphatic carbocycles. The monoisotopic (exact) mass is 466 g/mol. The van der Waals surface area contributed by atoms with E-state index in [9.17, 15) is 9.90 Å². The lowest BCUT2D eigenvalue weighted by Gasteiger charge is -2.52. The summed E-state index contributed by atoms with van der Waals surface area (Å²) in [7, 11) is 0. The number of amides is 1. The highest BCUT2D eigenvalue weighted by molar-refractivity contribution is 5.71. The third kappa shape index (κ3) is 3.74. The number of hydrogen-bond donors (Lipinski definition) is 2. The average molecular weight is 467 g/mol. The lowest BCUT2D eigenvalue weighted by molar-refractivity contribution is 0.00819. The Balaban J connectivity index is 1.47. The van der Waals surface area contributed by atoms with Gasteiger partial charge in [-0.15, -0.1) is 0 Å². The van der Waals surface area contributed by atoms with E-state index in [1.165, 1.54) is 4.90 Å². The molecule has 11 heteroatoms. The smallest absolute Gasteiger partial charge is 0.407 e. The van der Waals surface area contributed by atoms with Crippen LogP contribution in [0.25, 0.3) is 22.9 Å². The summed E-state index contributed by atoms with van der Waals surface area (Å²) in [6.07, 6.45) is 4.34. The molecule has 5 rings (SSSR count). The minimum Gasteiger partial charge on any atom is -0.489 e. The van der Waals surface area contributed by atoms with E-state index in [0.29, 0.717) is 31.3 Å². The number of rotatable bonds is 4. The van der Waals surface area contributed by atoms with Crippen LogP contribution in [-0.2, 0) is 6.54 Å². The highest BCUT2D eigenvalue weighted by Gasteiger charge is 2.48. The Morgan fingerprint density at radius 3 is 2.76 bits per heavy atom. The van der Waals surface area contributed by atoms with Crippen LogP contribution >= 0.6 is 0 Å². The zero-order valence-corrected chi connectivity index (χ0v) is 20.1. The van der Waals surface area contributed by atoms with Crippen molar-refractivity contribution in [2.45, 2.75) is 59.3 Å². The molecule has 2 N–H and O–H groups in total. The van der Waals surface area contributed by atoms with E-state index in [-0.39, 0.29) is 23.5 Å². The van der Waals surface area contributed by atoms with Gasteiger partial charge in [0.15, 0.2) is 5.82 Å². The predicted octanol–water partition coefficient (Wildman–Crippen LogP) is 3.37. The third-order valence-corrected chi connectivity index (χ3v) is 6.34. The van der Waals surface area contributed by atoms with E-state index >= 15 is 0 Å². The van der Waals surface area contributed by atoms with Crippen molar-refractivity contribution in [2.24, 2.45) is 5.41 Å². The number of imidazole rings is 1. The normalized spacial score (nSPS) is 19.6. The molecule has 1 fully saturated rings. The second-order valence-electron chi connectivity index (χ2n) is 10.2. The van der Waals surface area contributed by atoms with Gasteiger partial charge in [0.1, 0.15) is 36.0 Å². The van der Waals surface area contributed by atoms with Gasteiger partial charge in [0.25, 0.3) is 0 Å². The van der Waals surface area contributed by atoms with Crippen LogP contribution in [0.1, 0.15) is 40.7 Å². The molecule has 2 unspecified atom stereocenters. The molecule has 1 saturated heterocycles. The number of anilines is 1. The van der Waals surface area contributed by atoms with Crippen LogP contribution in [0, 0.1) is 5.41 Å². The third-order valence-electron chi connectivity index (χ3n) is 6.34. The molecule has 3 aromatic rings. The van der Waals surface area contributed by atoms with Crippen LogP contribution in [-0.4, -0.2) is 70.6 Å². The van der Waals surface area contributed by atoms with E-state index in [0.717, 1.165) is 22.9 Å². The van der Waals surface area contributed by atoms with Gasteiger partial charge in [0.2, 0.25) is 0 Å². The number of pyridine rings is 1.